The van der Waals surface area contributed by atoms with Crippen molar-refractivity contribution in [3.05, 3.63) is 81.4 Å². The van der Waals surface area contributed by atoms with Crippen molar-refractivity contribution in [3.63, 3.8) is 0 Å². The van der Waals surface area contributed by atoms with Crippen molar-refractivity contribution >= 4 is 16.9 Å². The summed E-state index contributed by atoms with van der Waals surface area (Å²) in [5.74, 6) is 0.916. The summed E-state index contributed by atoms with van der Waals surface area (Å²) in [5, 5.41) is 2.77. The molecule has 0 bridgehead atoms. The summed E-state index contributed by atoms with van der Waals surface area (Å²) in [5.41, 5.74) is 0.481. The molecule has 3 aromatic rings. The van der Waals surface area contributed by atoms with Crippen molar-refractivity contribution < 1.29 is 14.3 Å². The minimum absolute atomic E-state index is 0.179. The molecule has 0 aliphatic carbocycles. The van der Waals surface area contributed by atoms with Crippen molar-refractivity contribution in [1.82, 2.24) is 14.5 Å². The monoisotopic (exact) mass is 393 g/mol. The quantitative estimate of drug-likeness (QED) is 0.505. The van der Waals surface area contributed by atoms with Gasteiger partial charge in [0, 0.05) is 13.1 Å². The van der Waals surface area contributed by atoms with Gasteiger partial charge in [0.15, 0.2) is 11.5 Å². The number of hydrogen-bond acceptors (Lipinski definition) is 5. The molecule has 0 unspecified atom stereocenters. The smallest absolute Gasteiger partial charge is 0.317 e. The molecular weight excluding hydrogens is 374 g/mol. The molecule has 29 heavy (non-hydrogen) atoms. The van der Waals surface area contributed by atoms with Gasteiger partial charge in [0.2, 0.25) is 12.7 Å². The zero-order valence-corrected chi connectivity index (χ0v) is 15.6. The van der Waals surface area contributed by atoms with Gasteiger partial charge in [-0.25, -0.2) is 0 Å². The number of amides is 1. The van der Waals surface area contributed by atoms with Gasteiger partial charge in [0.25, 0.3) is 0 Å². The first-order valence-electron chi connectivity index (χ1n) is 9.07. The average Bonchev–Trinajstić information content (AvgIpc) is 3.20. The van der Waals surface area contributed by atoms with Crippen molar-refractivity contribution in [2.75, 3.05) is 6.79 Å². The number of allylic oxidation sites excluding steroid dienone is 1. The molecular formula is C21H19N3O5. The lowest BCUT2D eigenvalue weighted by Crippen LogP contribution is -2.43. The van der Waals surface area contributed by atoms with E-state index in [0.717, 1.165) is 5.56 Å². The standard InChI is InChI=1S/C21H19N3O5/c1-2-9-23-15-5-3-4-6-16(15)24(21(27)20(23)26)12-19(25)22-11-14-7-8-17-18(10-14)29-13-28-17/h2-8,10H,1,9,11-13H2,(H,22,25). The van der Waals surface area contributed by atoms with Crippen molar-refractivity contribution in [3.8, 4) is 11.5 Å². The maximum absolute atomic E-state index is 12.6. The maximum Gasteiger partial charge on any atom is 0.317 e. The average molecular weight is 393 g/mol. The number of ether oxygens (including phenoxy) is 2. The SMILES string of the molecule is C=CCn1c(=O)c(=O)n(CC(=O)NCc2ccc3c(c2)OCO3)c2ccccc21. The Morgan fingerprint density at radius 2 is 1.72 bits per heavy atom. The van der Waals surface area contributed by atoms with Crippen molar-refractivity contribution in [2.45, 2.75) is 19.6 Å². The summed E-state index contributed by atoms with van der Waals surface area (Å²) in [6.45, 7) is 4.03. The normalized spacial score (nSPS) is 12.1. The van der Waals surface area contributed by atoms with E-state index in [9.17, 15) is 14.4 Å². The Kier molecular flexibility index (Phi) is 4.90. The second-order valence-electron chi connectivity index (χ2n) is 6.55. The number of carbonyl (C=O) groups is 1. The molecule has 1 aromatic heterocycles. The van der Waals surface area contributed by atoms with Crippen LogP contribution in [0.3, 0.4) is 0 Å². The third-order valence-electron chi connectivity index (χ3n) is 4.68. The molecule has 8 nitrogen and oxygen atoms in total. The Hall–Kier alpha value is -3.81. The third-order valence-corrected chi connectivity index (χ3v) is 4.68. The summed E-state index contributed by atoms with van der Waals surface area (Å²) in [4.78, 5) is 37.6. The number of fused-ring (bicyclic) bond motifs is 2. The molecule has 148 valence electrons. The molecule has 2 heterocycles. The molecule has 0 saturated heterocycles. The highest BCUT2D eigenvalue weighted by molar-refractivity contribution is 5.80. The zero-order chi connectivity index (χ0) is 20.4. The van der Waals surface area contributed by atoms with Gasteiger partial charge in [-0.1, -0.05) is 24.3 Å². The topological polar surface area (TPSA) is 91.6 Å². The van der Waals surface area contributed by atoms with Crippen LogP contribution in [0.2, 0.25) is 0 Å². The van der Waals surface area contributed by atoms with Crippen LogP contribution in [0.1, 0.15) is 5.56 Å². The zero-order valence-electron chi connectivity index (χ0n) is 15.6. The summed E-state index contributed by atoms with van der Waals surface area (Å²) in [6, 6.07) is 12.4. The first-order chi connectivity index (χ1) is 14.1. The highest BCUT2D eigenvalue weighted by Gasteiger charge is 2.16. The predicted molar refractivity (Wildman–Crippen MR) is 107 cm³/mol. The van der Waals surface area contributed by atoms with Gasteiger partial charge in [0.05, 0.1) is 11.0 Å². The summed E-state index contributed by atoms with van der Waals surface area (Å²) in [6.07, 6.45) is 1.55. The van der Waals surface area contributed by atoms with Crippen LogP contribution in [0.4, 0.5) is 0 Å². The lowest BCUT2D eigenvalue weighted by molar-refractivity contribution is -0.121. The molecule has 1 aliphatic heterocycles. The lowest BCUT2D eigenvalue weighted by atomic mass is 10.2. The minimum Gasteiger partial charge on any atom is -0.454 e. The molecule has 0 atom stereocenters. The van der Waals surface area contributed by atoms with E-state index in [0.29, 0.717) is 22.5 Å². The Morgan fingerprint density at radius 1 is 1.03 bits per heavy atom. The first-order valence-corrected chi connectivity index (χ1v) is 9.07. The van der Waals surface area contributed by atoms with Crippen molar-refractivity contribution in [2.24, 2.45) is 0 Å². The number of benzene rings is 2. The van der Waals surface area contributed by atoms with E-state index in [-0.39, 0.29) is 32.3 Å². The van der Waals surface area contributed by atoms with Gasteiger partial charge in [0.1, 0.15) is 6.54 Å². The first kappa shape index (κ1) is 18.5. The molecule has 4 rings (SSSR count). The van der Waals surface area contributed by atoms with Gasteiger partial charge in [-0.05, 0) is 29.8 Å². The number of rotatable bonds is 6. The Balaban J connectivity index is 1.57. The van der Waals surface area contributed by atoms with Crippen LogP contribution >= 0.6 is 0 Å². The van der Waals surface area contributed by atoms with E-state index in [1.54, 1.807) is 42.5 Å². The second-order valence-corrected chi connectivity index (χ2v) is 6.55. The molecule has 1 aliphatic rings. The van der Waals surface area contributed by atoms with Crippen LogP contribution in [0, 0.1) is 0 Å². The molecule has 2 aromatic carbocycles. The highest BCUT2D eigenvalue weighted by Crippen LogP contribution is 2.32. The number of nitrogens with one attached hydrogen (secondary N) is 1. The molecule has 8 heteroatoms. The summed E-state index contributed by atoms with van der Waals surface area (Å²) < 4.78 is 13.1. The van der Waals surface area contributed by atoms with Crippen LogP contribution in [-0.4, -0.2) is 21.8 Å². The molecule has 0 fully saturated rings. The van der Waals surface area contributed by atoms with E-state index < -0.39 is 11.1 Å². The number of aromatic nitrogens is 2. The van der Waals surface area contributed by atoms with E-state index in [4.69, 9.17) is 9.47 Å². The highest BCUT2D eigenvalue weighted by atomic mass is 16.7. The fraction of sp³-hybridized carbons (Fsp3) is 0.190. The lowest BCUT2D eigenvalue weighted by Gasteiger charge is -2.14. The Bertz CT molecular complexity index is 1230. The van der Waals surface area contributed by atoms with Crippen LogP contribution in [0.15, 0.2) is 64.7 Å². The van der Waals surface area contributed by atoms with Crippen LogP contribution in [-0.2, 0) is 24.4 Å². The third kappa shape index (κ3) is 3.52. The number of nitrogens with zero attached hydrogens (tertiary/aromatic N) is 2. The van der Waals surface area contributed by atoms with Gasteiger partial charge in [-0.3, -0.25) is 23.5 Å². The molecule has 0 spiro atoms. The largest absolute Gasteiger partial charge is 0.454 e. The van der Waals surface area contributed by atoms with Gasteiger partial charge >= 0.3 is 11.1 Å². The van der Waals surface area contributed by atoms with Crippen LogP contribution < -0.4 is 25.9 Å². The van der Waals surface area contributed by atoms with Gasteiger partial charge < -0.3 is 14.8 Å². The van der Waals surface area contributed by atoms with E-state index in [2.05, 4.69) is 11.9 Å². The number of para-hydroxylation sites is 2. The molecule has 0 saturated carbocycles. The predicted octanol–water partition coefficient (Wildman–Crippen LogP) is 1.39. The van der Waals surface area contributed by atoms with Gasteiger partial charge in [-0.2, -0.15) is 0 Å². The number of hydrogen-bond donors (Lipinski definition) is 1. The fourth-order valence-electron chi connectivity index (χ4n) is 3.29. The fourth-order valence-corrected chi connectivity index (χ4v) is 3.29. The summed E-state index contributed by atoms with van der Waals surface area (Å²) in [7, 11) is 0. The maximum atomic E-state index is 12.6. The Labute approximate surface area is 165 Å². The Morgan fingerprint density at radius 3 is 2.48 bits per heavy atom. The van der Waals surface area contributed by atoms with Crippen molar-refractivity contribution in [1.29, 1.82) is 0 Å². The summed E-state index contributed by atoms with van der Waals surface area (Å²) >= 11 is 0. The van der Waals surface area contributed by atoms with E-state index in [1.165, 1.54) is 9.13 Å². The second kappa shape index (κ2) is 7.67. The van der Waals surface area contributed by atoms with E-state index >= 15 is 0 Å². The number of carbonyl (C=O) groups excluding carboxylic acids is 1. The van der Waals surface area contributed by atoms with Gasteiger partial charge in [-0.15, -0.1) is 6.58 Å². The van der Waals surface area contributed by atoms with Crippen LogP contribution in [0.5, 0.6) is 11.5 Å². The van der Waals surface area contributed by atoms with E-state index in [1.807, 2.05) is 6.07 Å². The minimum atomic E-state index is -0.747. The molecule has 0 radical (unpaired) electrons. The van der Waals surface area contributed by atoms with Crippen LogP contribution in [0.25, 0.3) is 11.0 Å². The molecule has 1 N–H and O–H groups in total. The molecule has 1 amide bonds.